The van der Waals surface area contributed by atoms with Crippen LogP contribution in [0, 0.1) is 17.5 Å². The zero-order valence-corrected chi connectivity index (χ0v) is 24.1. The third-order valence-corrected chi connectivity index (χ3v) is 8.38. The summed E-state index contributed by atoms with van der Waals surface area (Å²) in [5, 5.41) is 8.98. The van der Waals surface area contributed by atoms with E-state index < -0.39 is 17.5 Å². The molecule has 3 aromatic carbocycles. The summed E-state index contributed by atoms with van der Waals surface area (Å²) in [6.07, 6.45) is 7.89. The van der Waals surface area contributed by atoms with Crippen molar-refractivity contribution in [3.8, 4) is 0 Å². The van der Waals surface area contributed by atoms with Gasteiger partial charge in [0.15, 0.2) is 0 Å². The molecule has 5 rings (SSSR count). The van der Waals surface area contributed by atoms with Crippen LogP contribution in [0.4, 0.5) is 13.2 Å². The minimum absolute atomic E-state index is 0.107. The van der Waals surface area contributed by atoms with Gasteiger partial charge in [0.25, 0.3) is 5.91 Å². The summed E-state index contributed by atoms with van der Waals surface area (Å²) in [5.74, 6) is -1.72. The molecule has 2 saturated heterocycles. The Morgan fingerprint density at radius 1 is 0.929 bits per heavy atom. The lowest BCUT2D eigenvalue weighted by Crippen LogP contribution is -2.51. The maximum atomic E-state index is 13.9. The van der Waals surface area contributed by atoms with Crippen LogP contribution in [0.1, 0.15) is 72.9 Å². The number of guanidine groups is 1. The summed E-state index contributed by atoms with van der Waals surface area (Å²) in [7, 11) is 0. The van der Waals surface area contributed by atoms with E-state index in [9.17, 15) is 18.0 Å². The van der Waals surface area contributed by atoms with Crippen molar-refractivity contribution in [2.75, 3.05) is 6.54 Å². The minimum Gasteiger partial charge on any atom is -0.352 e. The van der Waals surface area contributed by atoms with Crippen LogP contribution in [0.25, 0.3) is 0 Å². The number of hydrogen-bond acceptors (Lipinski definition) is 3. The molecule has 0 spiro atoms. The van der Waals surface area contributed by atoms with Gasteiger partial charge in [0.1, 0.15) is 17.5 Å². The van der Waals surface area contributed by atoms with Gasteiger partial charge >= 0.3 is 0 Å². The van der Waals surface area contributed by atoms with Crippen LogP contribution in [-0.4, -0.2) is 29.6 Å². The molecule has 2 atom stereocenters. The molecule has 2 unspecified atom stereocenters. The lowest BCUT2D eigenvalue weighted by molar-refractivity contribution is 0.0705. The summed E-state index contributed by atoms with van der Waals surface area (Å²) in [4.78, 5) is 17.3. The maximum absolute atomic E-state index is 13.9. The summed E-state index contributed by atoms with van der Waals surface area (Å²) in [6, 6.07) is 16.2. The van der Waals surface area contributed by atoms with Crippen molar-refractivity contribution in [3.63, 3.8) is 0 Å². The first kappa shape index (κ1) is 30.1. The molecule has 2 heterocycles. The number of nitrogens with zero attached hydrogens (tertiary/aromatic N) is 2. The zero-order valence-electron chi connectivity index (χ0n) is 23.3. The Labute approximate surface area is 249 Å². The fourth-order valence-electron chi connectivity index (χ4n) is 5.90. The topological polar surface area (TPSA) is 68.8 Å². The molecule has 10 heteroatoms. The molecule has 42 heavy (non-hydrogen) atoms. The van der Waals surface area contributed by atoms with E-state index in [1.165, 1.54) is 55.3 Å². The van der Waals surface area contributed by atoms with E-state index in [0.29, 0.717) is 12.0 Å². The highest BCUT2D eigenvalue weighted by molar-refractivity contribution is 6.31. The molecular weight excluding hydrogens is 563 g/mol. The van der Waals surface area contributed by atoms with Gasteiger partial charge in [-0.25, -0.2) is 23.6 Å². The van der Waals surface area contributed by atoms with Gasteiger partial charge in [-0.2, -0.15) is 4.99 Å². The smallest absolute Gasteiger partial charge is 0.280 e. The van der Waals surface area contributed by atoms with Crippen LogP contribution in [0.5, 0.6) is 0 Å². The van der Waals surface area contributed by atoms with Gasteiger partial charge in [-0.15, -0.1) is 0 Å². The van der Waals surface area contributed by atoms with Gasteiger partial charge in [-0.05, 0) is 66.4 Å². The molecule has 2 aliphatic rings. The second-order valence-electron chi connectivity index (χ2n) is 11.0. The average Bonchev–Trinajstić information content (AvgIpc) is 3.32. The molecule has 0 aromatic heterocycles. The number of carbonyl (C=O) groups excluding carboxylic acids is 1. The van der Waals surface area contributed by atoms with E-state index in [2.05, 4.69) is 26.1 Å². The summed E-state index contributed by atoms with van der Waals surface area (Å²) >= 11 is 6.25. The number of hydrogen-bond donors (Lipinski definition) is 3. The second-order valence-corrected chi connectivity index (χ2v) is 11.4. The van der Waals surface area contributed by atoms with Crippen LogP contribution in [-0.2, 0) is 12.1 Å². The van der Waals surface area contributed by atoms with Gasteiger partial charge in [-0.3, -0.25) is 4.79 Å². The van der Waals surface area contributed by atoms with Gasteiger partial charge in [0.05, 0.1) is 11.7 Å². The Morgan fingerprint density at radius 3 is 2.40 bits per heavy atom. The summed E-state index contributed by atoms with van der Waals surface area (Å²) in [5.41, 5.74) is 4.96. The number of amides is 1. The van der Waals surface area contributed by atoms with Crippen LogP contribution in [0.15, 0.2) is 71.7 Å². The van der Waals surface area contributed by atoms with E-state index in [1.54, 1.807) is 6.07 Å². The highest BCUT2D eigenvalue weighted by Gasteiger charge is 2.46. The molecule has 1 amide bonds. The van der Waals surface area contributed by atoms with E-state index in [4.69, 9.17) is 11.6 Å². The van der Waals surface area contributed by atoms with Gasteiger partial charge < -0.3 is 10.6 Å². The van der Waals surface area contributed by atoms with Crippen molar-refractivity contribution in [1.82, 2.24) is 21.1 Å². The van der Waals surface area contributed by atoms with Crippen molar-refractivity contribution in [1.29, 1.82) is 0 Å². The number of halogens is 4. The largest absolute Gasteiger partial charge is 0.352 e. The first-order valence-corrected chi connectivity index (χ1v) is 14.8. The summed E-state index contributed by atoms with van der Waals surface area (Å²) in [6.45, 7) is 0.976. The summed E-state index contributed by atoms with van der Waals surface area (Å²) < 4.78 is 41.4. The van der Waals surface area contributed by atoms with Gasteiger partial charge in [0, 0.05) is 30.1 Å². The molecule has 3 N–H and O–H groups in total. The van der Waals surface area contributed by atoms with Crippen molar-refractivity contribution < 1.29 is 18.0 Å². The number of nitrogens with one attached hydrogen (secondary N) is 3. The third kappa shape index (κ3) is 7.32. The van der Waals surface area contributed by atoms with Crippen molar-refractivity contribution in [2.45, 2.75) is 69.6 Å². The number of fused-ring (bicyclic) bond motifs is 1. The van der Waals surface area contributed by atoms with Gasteiger partial charge in [-0.1, -0.05) is 68.0 Å². The maximum Gasteiger partial charge on any atom is 0.280 e. The van der Waals surface area contributed by atoms with E-state index >= 15 is 0 Å². The Morgan fingerprint density at radius 2 is 1.64 bits per heavy atom. The number of rotatable bonds is 5. The third-order valence-electron chi connectivity index (χ3n) is 8.03. The molecule has 0 aliphatic carbocycles. The quantitative estimate of drug-likeness (QED) is 0.223. The lowest BCUT2D eigenvalue weighted by Gasteiger charge is -2.39. The molecule has 2 aliphatic heterocycles. The Balaban J connectivity index is 1.43. The molecule has 0 bridgehead atoms. The average molecular weight is 598 g/mol. The number of aliphatic imine (C=N–C) groups is 1. The van der Waals surface area contributed by atoms with Crippen molar-refractivity contribution in [2.24, 2.45) is 4.99 Å². The molecule has 222 valence electrons. The second kappa shape index (κ2) is 13.7. The molecule has 0 saturated carbocycles. The standard InChI is InChI=1S/C32H35ClF3N5O/c33-28-19-27(36)13-10-23(28)21-37-31(39-30(42)22-8-7-9-26(35)18-22)38-29-20-32(24-11-14-25(34)15-12-24)16-5-3-1-2-4-6-17-41(32)40-29/h7-15,18-19,29,40H,1-6,16-17,20-21H2,(H2,37,38,39,42). The molecular formula is C32H35ClF3N5O. The highest BCUT2D eigenvalue weighted by atomic mass is 35.5. The number of carbonyl (C=O) groups is 1. The van der Waals surface area contributed by atoms with Gasteiger partial charge in [0.2, 0.25) is 5.96 Å². The van der Waals surface area contributed by atoms with Crippen LogP contribution in [0.3, 0.4) is 0 Å². The Bertz CT molecular complexity index is 1420. The number of benzene rings is 3. The fourth-order valence-corrected chi connectivity index (χ4v) is 6.13. The first-order chi connectivity index (χ1) is 20.3. The normalized spacial score (nSPS) is 21.9. The van der Waals surface area contributed by atoms with E-state index in [1.807, 2.05) is 12.1 Å². The van der Waals surface area contributed by atoms with Crippen LogP contribution in [0.2, 0.25) is 5.02 Å². The molecule has 3 aromatic rings. The Kier molecular flexibility index (Phi) is 9.82. The monoisotopic (exact) mass is 597 g/mol. The zero-order chi connectivity index (χ0) is 29.5. The lowest BCUT2D eigenvalue weighted by atomic mass is 9.81. The number of hydrazine groups is 1. The first-order valence-electron chi connectivity index (χ1n) is 14.5. The van der Waals surface area contributed by atoms with E-state index in [-0.39, 0.29) is 40.6 Å². The van der Waals surface area contributed by atoms with Crippen molar-refractivity contribution in [3.05, 3.63) is 106 Å². The predicted octanol–water partition coefficient (Wildman–Crippen LogP) is 6.81. The minimum atomic E-state index is -0.625. The van der Waals surface area contributed by atoms with Crippen LogP contribution >= 0.6 is 11.6 Å². The highest BCUT2D eigenvalue weighted by Crippen LogP contribution is 2.42. The molecule has 6 nitrogen and oxygen atoms in total. The predicted molar refractivity (Wildman–Crippen MR) is 158 cm³/mol. The molecule has 0 radical (unpaired) electrons. The fraction of sp³-hybridized carbons (Fsp3) is 0.375. The SMILES string of the molecule is O=C(/N=C(/NCc1ccc(F)cc1Cl)NC1CC2(c3ccc(F)cc3)CCCCCCCCN2N1)c1cccc(F)c1. The van der Waals surface area contributed by atoms with E-state index in [0.717, 1.165) is 50.3 Å². The Hall–Kier alpha value is -3.40. The molecule has 2 fully saturated rings. The van der Waals surface area contributed by atoms with Crippen molar-refractivity contribution >= 4 is 23.5 Å². The van der Waals surface area contributed by atoms with Crippen LogP contribution < -0.4 is 16.1 Å².